The van der Waals surface area contributed by atoms with Crippen molar-refractivity contribution in [2.75, 3.05) is 4.90 Å². The molecule has 0 unspecified atom stereocenters. The lowest BCUT2D eigenvalue weighted by Gasteiger charge is -2.50. The van der Waals surface area contributed by atoms with Crippen LogP contribution in [0.4, 0.5) is 5.69 Å². The van der Waals surface area contributed by atoms with Crippen molar-refractivity contribution in [3.63, 3.8) is 0 Å². The van der Waals surface area contributed by atoms with Crippen molar-refractivity contribution in [2.24, 2.45) is 5.73 Å². The van der Waals surface area contributed by atoms with Crippen molar-refractivity contribution < 1.29 is 0 Å². The van der Waals surface area contributed by atoms with E-state index in [0.29, 0.717) is 18.5 Å². The molecule has 0 fully saturated rings. The Labute approximate surface area is 118 Å². The van der Waals surface area contributed by atoms with E-state index in [1.54, 1.807) is 0 Å². The zero-order valence-electron chi connectivity index (χ0n) is 13.2. The van der Waals surface area contributed by atoms with Gasteiger partial charge in [-0.25, -0.2) is 0 Å². The first-order valence-electron chi connectivity index (χ1n) is 7.40. The topological polar surface area (TPSA) is 29.3 Å². The Morgan fingerprint density at radius 1 is 1.37 bits per heavy atom. The van der Waals surface area contributed by atoms with Gasteiger partial charge < -0.3 is 10.6 Å². The van der Waals surface area contributed by atoms with Gasteiger partial charge >= 0.3 is 0 Å². The predicted octanol–water partition coefficient (Wildman–Crippen LogP) is 3.95. The fraction of sp³-hybridized carbons (Fsp3) is 0.647. The molecule has 0 aliphatic carbocycles. The van der Waals surface area contributed by atoms with Crippen LogP contribution in [0.3, 0.4) is 0 Å². The number of rotatable bonds is 2. The fourth-order valence-electron chi connectivity index (χ4n) is 3.84. The van der Waals surface area contributed by atoms with Crippen molar-refractivity contribution >= 4 is 5.69 Å². The van der Waals surface area contributed by atoms with Crippen molar-refractivity contribution in [1.82, 2.24) is 0 Å². The molecule has 2 N–H and O–H groups in total. The Morgan fingerprint density at radius 3 is 2.53 bits per heavy atom. The quantitative estimate of drug-likeness (QED) is 0.872. The molecule has 1 atom stereocenters. The predicted molar refractivity (Wildman–Crippen MR) is 83.8 cm³/mol. The van der Waals surface area contributed by atoms with Crippen LogP contribution in [0.1, 0.15) is 63.6 Å². The molecular weight excluding hydrogens is 232 g/mol. The van der Waals surface area contributed by atoms with Crippen LogP contribution in [-0.2, 0) is 6.54 Å². The van der Waals surface area contributed by atoms with Crippen LogP contribution >= 0.6 is 0 Å². The third-order valence-corrected chi connectivity index (χ3v) is 4.47. The number of nitrogens with zero attached hydrogens (tertiary/aromatic N) is 1. The average Bonchev–Trinajstić information content (AvgIpc) is 2.26. The summed E-state index contributed by atoms with van der Waals surface area (Å²) in [6.45, 7) is 14.4. The second kappa shape index (κ2) is 4.82. The van der Waals surface area contributed by atoms with Gasteiger partial charge in [0.1, 0.15) is 0 Å². The van der Waals surface area contributed by atoms with Gasteiger partial charge in [-0.05, 0) is 69.7 Å². The number of hydrogen-bond acceptors (Lipinski definition) is 2. The standard InChI is InChI=1S/C17H28N2/c1-11(2)19-16-7-12(3)14(10-18)8-15(16)13(4)9-17(19,5)6/h7-8,11,13H,9-10,18H2,1-6H3/t13-/m0/s1. The minimum atomic E-state index is 0.219. The van der Waals surface area contributed by atoms with Crippen molar-refractivity contribution in [1.29, 1.82) is 0 Å². The number of anilines is 1. The minimum Gasteiger partial charge on any atom is -0.364 e. The maximum absolute atomic E-state index is 5.86. The summed E-state index contributed by atoms with van der Waals surface area (Å²) in [5, 5.41) is 0. The van der Waals surface area contributed by atoms with Gasteiger partial charge in [-0.15, -0.1) is 0 Å². The lowest BCUT2D eigenvalue weighted by Crippen LogP contribution is -2.51. The molecular formula is C17H28N2. The van der Waals surface area contributed by atoms with Gasteiger partial charge in [0.25, 0.3) is 0 Å². The van der Waals surface area contributed by atoms with Crippen molar-refractivity contribution in [2.45, 2.75) is 72.0 Å². The Hall–Kier alpha value is -1.02. The molecule has 0 radical (unpaired) electrons. The molecule has 1 aliphatic rings. The Morgan fingerprint density at radius 2 is 2.00 bits per heavy atom. The van der Waals surface area contributed by atoms with E-state index in [0.717, 1.165) is 0 Å². The second-order valence-electron chi connectivity index (χ2n) is 6.92. The molecule has 2 nitrogen and oxygen atoms in total. The van der Waals surface area contributed by atoms with Gasteiger partial charge in [-0.2, -0.15) is 0 Å². The van der Waals surface area contributed by atoms with Crippen molar-refractivity contribution in [3.8, 4) is 0 Å². The van der Waals surface area contributed by atoms with Crippen LogP contribution in [0.15, 0.2) is 12.1 Å². The third kappa shape index (κ3) is 2.38. The summed E-state index contributed by atoms with van der Waals surface area (Å²) in [5.74, 6) is 0.603. The molecule has 106 valence electrons. The molecule has 2 rings (SSSR count). The molecule has 19 heavy (non-hydrogen) atoms. The van der Waals surface area contributed by atoms with Gasteiger partial charge in [0.2, 0.25) is 0 Å². The van der Waals surface area contributed by atoms with E-state index in [9.17, 15) is 0 Å². The summed E-state index contributed by atoms with van der Waals surface area (Å²) in [7, 11) is 0. The molecule has 0 amide bonds. The van der Waals surface area contributed by atoms with E-state index in [1.807, 2.05) is 0 Å². The highest BCUT2D eigenvalue weighted by Gasteiger charge is 2.37. The lowest BCUT2D eigenvalue weighted by atomic mass is 9.78. The van der Waals surface area contributed by atoms with E-state index < -0.39 is 0 Å². The van der Waals surface area contributed by atoms with Crippen molar-refractivity contribution in [3.05, 3.63) is 28.8 Å². The number of hydrogen-bond donors (Lipinski definition) is 1. The zero-order chi connectivity index (χ0) is 14.4. The first-order chi connectivity index (χ1) is 8.77. The molecule has 0 saturated carbocycles. The van der Waals surface area contributed by atoms with Gasteiger partial charge in [0.15, 0.2) is 0 Å². The normalized spacial score (nSPS) is 21.7. The monoisotopic (exact) mass is 260 g/mol. The SMILES string of the molecule is Cc1cc2c(cc1CN)[C@@H](C)CC(C)(C)N2C(C)C. The lowest BCUT2D eigenvalue weighted by molar-refractivity contribution is 0.356. The van der Waals surface area contributed by atoms with E-state index in [1.165, 1.54) is 28.8 Å². The molecule has 1 aromatic carbocycles. The smallest absolute Gasteiger partial charge is 0.0411 e. The molecule has 0 bridgehead atoms. The van der Waals surface area contributed by atoms with E-state index in [4.69, 9.17) is 5.73 Å². The molecule has 1 heterocycles. The number of nitrogens with two attached hydrogens (primary N) is 1. The summed E-state index contributed by atoms with van der Waals surface area (Å²) in [5.41, 5.74) is 11.6. The Bertz CT molecular complexity index is 474. The molecule has 1 aliphatic heterocycles. The van der Waals surface area contributed by atoms with Gasteiger partial charge in [-0.3, -0.25) is 0 Å². The summed E-state index contributed by atoms with van der Waals surface area (Å²) >= 11 is 0. The number of aryl methyl sites for hydroxylation is 1. The minimum absolute atomic E-state index is 0.219. The van der Waals surface area contributed by atoms with Crippen LogP contribution in [0.25, 0.3) is 0 Å². The molecule has 0 saturated heterocycles. The Balaban J connectivity index is 2.62. The van der Waals surface area contributed by atoms with E-state index in [-0.39, 0.29) is 5.54 Å². The summed E-state index contributed by atoms with van der Waals surface area (Å²) in [6, 6.07) is 5.19. The van der Waals surface area contributed by atoms with Crippen LogP contribution in [-0.4, -0.2) is 11.6 Å². The third-order valence-electron chi connectivity index (χ3n) is 4.47. The van der Waals surface area contributed by atoms with E-state index >= 15 is 0 Å². The van der Waals surface area contributed by atoms with Crippen LogP contribution in [0.5, 0.6) is 0 Å². The first kappa shape index (κ1) is 14.4. The van der Waals surface area contributed by atoms with E-state index in [2.05, 4.69) is 58.6 Å². The second-order valence-corrected chi connectivity index (χ2v) is 6.92. The maximum atomic E-state index is 5.86. The highest BCUT2D eigenvalue weighted by Crippen LogP contribution is 2.45. The molecule has 1 aromatic rings. The fourth-order valence-corrected chi connectivity index (χ4v) is 3.84. The highest BCUT2D eigenvalue weighted by molar-refractivity contribution is 5.63. The maximum Gasteiger partial charge on any atom is 0.0411 e. The summed E-state index contributed by atoms with van der Waals surface area (Å²) < 4.78 is 0. The van der Waals surface area contributed by atoms with Crippen LogP contribution in [0, 0.1) is 6.92 Å². The number of benzene rings is 1. The van der Waals surface area contributed by atoms with Gasteiger partial charge in [0, 0.05) is 23.8 Å². The average molecular weight is 260 g/mol. The Kier molecular flexibility index (Phi) is 3.65. The number of fused-ring (bicyclic) bond motifs is 1. The molecule has 0 spiro atoms. The van der Waals surface area contributed by atoms with Crippen LogP contribution in [0.2, 0.25) is 0 Å². The van der Waals surface area contributed by atoms with Crippen LogP contribution < -0.4 is 10.6 Å². The molecule has 0 aromatic heterocycles. The molecule has 2 heteroatoms. The zero-order valence-corrected chi connectivity index (χ0v) is 13.2. The first-order valence-corrected chi connectivity index (χ1v) is 7.40. The summed E-state index contributed by atoms with van der Waals surface area (Å²) in [4.78, 5) is 2.58. The van der Waals surface area contributed by atoms with Gasteiger partial charge in [-0.1, -0.05) is 13.0 Å². The summed E-state index contributed by atoms with van der Waals surface area (Å²) in [6.07, 6.45) is 1.20. The van der Waals surface area contributed by atoms with Gasteiger partial charge in [0.05, 0.1) is 0 Å². The highest BCUT2D eigenvalue weighted by atomic mass is 15.2. The largest absolute Gasteiger partial charge is 0.364 e.